The Labute approximate surface area is 103 Å². The lowest BCUT2D eigenvalue weighted by atomic mass is 10.1. The molecule has 1 atom stereocenters. The second-order valence-corrected chi connectivity index (χ2v) is 4.54. The number of rotatable bonds is 8. The maximum atomic E-state index is 6.16. The molecule has 0 amide bonds. The molecule has 0 aromatic carbocycles. The SMILES string of the molecule is CCCCCCC(Cl)COc1ccccn1. The number of pyridine rings is 1. The van der Waals surface area contributed by atoms with Gasteiger partial charge in [-0.2, -0.15) is 0 Å². The molecule has 0 saturated carbocycles. The van der Waals surface area contributed by atoms with Gasteiger partial charge in [0.2, 0.25) is 5.88 Å². The summed E-state index contributed by atoms with van der Waals surface area (Å²) in [5, 5.41) is 0.0962. The predicted molar refractivity (Wildman–Crippen MR) is 68.1 cm³/mol. The molecule has 1 aromatic heterocycles. The quantitative estimate of drug-likeness (QED) is 0.506. The van der Waals surface area contributed by atoms with Crippen LogP contribution in [-0.2, 0) is 0 Å². The number of unbranched alkanes of at least 4 members (excludes halogenated alkanes) is 3. The third kappa shape index (κ3) is 5.96. The van der Waals surface area contributed by atoms with Gasteiger partial charge >= 0.3 is 0 Å². The Bertz CT molecular complexity index is 266. The van der Waals surface area contributed by atoms with Gasteiger partial charge in [-0.3, -0.25) is 0 Å². The van der Waals surface area contributed by atoms with E-state index in [0.717, 1.165) is 6.42 Å². The predicted octanol–water partition coefficient (Wildman–Crippen LogP) is 4.04. The van der Waals surface area contributed by atoms with E-state index in [-0.39, 0.29) is 5.38 Å². The standard InChI is InChI=1S/C13H20ClNO/c1-2-3-4-5-8-12(14)11-16-13-9-6-7-10-15-13/h6-7,9-10,12H,2-5,8,11H2,1H3. The molecule has 0 aliphatic carbocycles. The van der Waals surface area contributed by atoms with Crippen LogP contribution >= 0.6 is 11.6 Å². The van der Waals surface area contributed by atoms with E-state index in [2.05, 4.69) is 11.9 Å². The molecule has 0 spiro atoms. The van der Waals surface area contributed by atoms with Crippen molar-refractivity contribution in [2.45, 2.75) is 44.4 Å². The van der Waals surface area contributed by atoms with E-state index in [1.165, 1.54) is 25.7 Å². The lowest BCUT2D eigenvalue weighted by Crippen LogP contribution is -2.12. The molecule has 0 aliphatic heterocycles. The van der Waals surface area contributed by atoms with Gasteiger partial charge in [0.15, 0.2) is 0 Å². The summed E-state index contributed by atoms with van der Waals surface area (Å²) in [4.78, 5) is 4.08. The maximum Gasteiger partial charge on any atom is 0.213 e. The van der Waals surface area contributed by atoms with Crippen LogP contribution in [0.1, 0.15) is 39.0 Å². The zero-order valence-corrected chi connectivity index (χ0v) is 10.6. The van der Waals surface area contributed by atoms with Crippen LogP contribution in [0.4, 0.5) is 0 Å². The van der Waals surface area contributed by atoms with Gasteiger partial charge in [0, 0.05) is 12.3 Å². The number of nitrogens with zero attached hydrogens (tertiary/aromatic N) is 1. The van der Waals surface area contributed by atoms with Crippen LogP contribution in [0.25, 0.3) is 0 Å². The van der Waals surface area contributed by atoms with Crippen molar-refractivity contribution in [3.05, 3.63) is 24.4 Å². The molecule has 0 bridgehead atoms. The van der Waals surface area contributed by atoms with Gasteiger partial charge in [-0.1, -0.05) is 38.7 Å². The van der Waals surface area contributed by atoms with E-state index in [0.29, 0.717) is 12.5 Å². The summed E-state index contributed by atoms with van der Waals surface area (Å²) in [7, 11) is 0. The van der Waals surface area contributed by atoms with Gasteiger partial charge in [-0.15, -0.1) is 11.6 Å². The average Bonchev–Trinajstić information content (AvgIpc) is 2.33. The van der Waals surface area contributed by atoms with E-state index in [4.69, 9.17) is 16.3 Å². The molecule has 1 rings (SSSR count). The van der Waals surface area contributed by atoms with Crippen molar-refractivity contribution < 1.29 is 4.74 Å². The van der Waals surface area contributed by atoms with Crippen LogP contribution in [0.15, 0.2) is 24.4 Å². The van der Waals surface area contributed by atoms with Gasteiger partial charge in [0.05, 0.1) is 5.38 Å². The number of hydrogen-bond donors (Lipinski definition) is 0. The number of halogens is 1. The Kier molecular flexibility index (Phi) is 6.98. The Balaban J connectivity index is 2.08. The Morgan fingerprint density at radius 2 is 2.19 bits per heavy atom. The summed E-state index contributed by atoms with van der Waals surface area (Å²) in [6, 6.07) is 5.63. The molecule has 16 heavy (non-hydrogen) atoms. The maximum absolute atomic E-state index is 6.16. The highest BCUT2D eigenvalue weighted by Gasteiger charge is 2.05. The number of ether oxygens (including phenoxy) is 1. The molecule has 2 nitrogen and oxygen atoms in total. The summed E-state index contributed by atoms with van der Waals surface area (Å²) < 4.78 is 5.48. The molecular weight excluding hydrogens is 222 g/mol. The minimum Gasteiger partial charge on any atom is -0.476 e. The van der Waals surface area contributed by atoms with Crippen molar-refractivity contribution in [3.8, 4) is 5.88 Å². The van der Waals surface area contributed by atoms with Gasteiger partial charge < -0.3 is 4.74 Å². The van der Waals surface area contributed by atoms with Crippen LogP contribution in [-0.4, -0.2) is 17.0 Å². The molecule has 0 aliphatic rings. The monoisotopic (exact) mass is 241 g/mol. The van der Waals surface area contributed by atoms with Gasteiger partial charge in [0.25, 0.3) is 0 Å². The smallest absolute Gasteiger partial charge is 0.213 e. The normalized spacial score (nSPS) is 12.4. The fraction of sp³-hybridized carbons (Fsp3) is 0.615. The van der Waals surface area contributed by atoms with E-state index in [1.807, 2.05) is 18.2 Å². The summed E-state index contributed by atoms with van der Waals surface area (Å²) in [5.74, 6) is 0.654. The molecule has 3 heteroatoms. The molecular formula is C13H20ClNO. The van der Waals surface area contributed by atoms with Crippen molar-refractivity contribution in [2.75, 3.05) is 6.61 Å². The fourth-order valence-electron chi connectivity index (χ4n) is 1.48. The minimum absolute atomic E-state index is 0.0962. The molecule has 1 aromatic rings. The lowest BCUT2D eigenvalue weighted by Gasteiger charge is -2.10. The van der Waals surface area contributed by atoms with Crippen molar-refractivity contribution in [1.82, 2.24) is 4.98 Å². The molecule has 90 valence electrons. The van der Waals surface area contributed by atoms with E-state index in [1.54, 1.807) is 6.20 Å². The Morgan fingerprint density at radius 3 is 2.88 bits per heavy atom. The first-order valence-corrected chi connectivity index (χ1v) is 6.44. The molecule has 0 saturated heterocycles. The molecule has 1 heterocycles. The summed E-state index contributed by atoms with van der Waals surface area (Å²) in [6.07, 6.45) is 7.76. The molecule has 0 radical (unpaired) electrons. The lowest BCUT2D eigenvalue weighted by molar-refractivity contribution is 0.296. The zero-order valence-electron chi connectivity index (χ0n) is 9.86. The Morgan fingerprint density at radius 1 is 1.31 bits per heavy atom. The highest BCUT2D eigenvalue weighted by atomic mass is 35.5. The second-order valence-electron chi connectivity index (χ2n) is 3.93. The minimum atomic E-state index is 0.0962. The van der Waals surface area contributed by atoms with Gasteiger partial charge in [-0.25, -0.2) is 4.98 Å². The van der Waals surface area contributed by atoms with Gasteiger partial charge in [0.1, 0.15) is 6.61 Å². The molecule has 1 unspecified atom stereocenters. The van der Waals surface area contributed by atoms with Gasteiger partial charge in [-0.05, 0) is 12.5 Å². The van der Waals surface area contributed by atoms with Crippen molar-refractivity contribution in [2.24, 2.45) is 0 Å². The van der Waals surface area contributed by atoms with E-state index < -0.39 is 0 Å². The number of hydrogen-bond acceptors (Lipinski definition) is 2. The summed E-state index contributed by atoms with van der Waals surface area (Å²) in [5.41, 5.74) is 0. The topological polar surface area (TPSA) is 22.1 Å². The van der Waals surface area contributed by atoms with Crippen molar-refractivity contribution >= 4 is 11.6 Å². The van der Waals surface area contributed by atoms with E-state index >= 15 is 0 Å². The van der Waals surface area contributed by atoms with E-state index in [9.17, 15) is 0 Å². The summed E-state index contributed by atoms with van der Waals surface area (Å²) in [6.45, 7) is 2.76. The molecule has 0 N–H and O–H groups in total. The van der Waals surface area contributed by atoms with Crippen LogP contribution in [0, 0.1) is 0 Å². The zero-order chi connectivity index (χ0) is 11.6. The highest BCUT2D eigenvalue weighted by molar-refractivity contribution is 6.20. The average molecular weight is 242 g/mol. The van der Waals surface area contributed by atoms with Crippen LogP contribution in [0.5, 0.6) is 5.88 Å². The first-order valence-electron chi connectivity index (χ1n) is 6.01. The summed E-state index contributed by atoms with van der Waals surface area (Å²) >= 11 is 6.16. The Hall–Kier alpha value is -0.760. The first kappa shape index (κ1) is 13.3. The third-order valence-electron chi connectivity index (χ3n) is 2.42. The number of aromatic nitrogens is 1. The molecule has 0 fully saturated rings. The third-order valence-corrected chi connectivity index (χ3v) is 2.76. The highest BCUT2D eigenvalue weighted by Crippen LogP contribution is 2.12. The fourth-order valence-corrected chi connectivity index (χ4v) is 1.70. The first-order chi connectivity index (χ1) is 7.83. The van der Waals surface area contributed by atoms with Crippen LogP contribution in [0.3, 0.4) is 0 Å². The van der Waals surface area contributed by atoms with Crippen LogP contribution < -0.4 is 4.74 Å². The van der Waals surface area contributed by atoms with Crippen molar-refractivity contribution in [3.63, 3.8) is 0 Å². The van der Waals surface area contributed by atoms with Crippen molar-refractivity contribution in [1.29, 1.82) is 0 Å². The number of alkyl halides is 1. The second kappa shape index (κ2) is 8.40. The van der Waals surface area contributed by atoms with Crippen LogP contribution in [0.2, 0.25) is 0 Å². The largest absolute Gasteiger partial charge is 0.476 e.